The number of carboxylic acid groups (broad SMARTS) is 1. The zero-order chi connectivity index (χ0) is 18.1. The van der Waals surface area contributed by atoms with Gasteiger partial charge in [0.2, 0.25) is 0 Å². The minimum absolute atomic E-state index is 0.166. The molecule has 1 aromatic heterocycles. The molecule has 2 N–H and O–H groups in total. The largest absolute Gasteiger partial charge is 0.480 e. The van der Waals surface area contributed by atoms with Crippen LogP contribution in [0.4, 0.5) is 0 Å². The maximum atomic E-state index is 11.7. The highest BCUT2D eigenvalue weighted by atomic mass is 16.4. The third kappa shape index (κ3) is 3.31. The standard InChI is InChI=1S/C19H24N4O3/c24-18(25)16-11-23-17(20-21-19(23)26)12-22(16)10-13-6-8-15(9-7-13)14-4-2-1-3-5-14/h1-5,13,15-16H,6-12H2,(H,21,26)(H,24,25). The maximum absolute atomic E-state index is 11.7. The number of nitrogens with one attached hydrogen (secondary N) is 1. The predicted octanol–water partition coefficient (Wildman–Crippen LogP) is 1.81. The third-order valence-corrected chi connectivity index (χ3v) is 5.87. The molecule has 2 aliphatic rings. The molecule has 1 aliphatic carbocycles. The van der Waals surface area contributed by atoms with Gasteiger partial charge in [0.05, 0.1) is 13.1 Å². The van der Waals surface area contributed by atoms with Crippen LogP contribution in [-0.4, -0.2) is 43.3 Å². The lowest BCUT2D eigenvalue weighted by Crippen LogP contribution is -2.51. The van der Waals surface area contributed by atoms with Crippen molar-refractivity contribution in [2.24, 2.45) is 5.92 Å². The van der Waals surface area contributed by atoms with Crippen LogP contribution in [0.25, 0.3) is 0 Å². The van der Waals surface area contributed by atoms with Crippen LogP contribution in [0.3, 0.4) is 0 Å². The van der Waals surface area contributed by atoms with E-state index >= 15 is 0 Å². The molecule has 0 saturated heterocycles. The fraction of sp³-hybridized carbons (Fsp3) is 0.526. The minimum atomic E-state index is -0.873. The van der Waals surface area contributed by atoms with Gasteiger partial charge in [0, 0.05) is 6.54 Å². The number of carboxylic acids is 1. The van der Waals surface area contributed by atoms with Gasteiger partial charge in [-0.3, -0.25) is 14.3 Å². The molecule has 138 valence electrons. The first-order valence-corrected chi connectivity index (χ1v) is 9.27. The third-order valence-electron chi connectivity index (χ3n) is 5.87. The van der Waals surface area contributed by atoms with Crippen LogP contribution in [0, 0.1) is 5.92 Å². The Labute approximate surface area is 151 Å². The van der Waals surface area contributed by atoms with Crippen LogP contribution in [-0.2, 0) is 17.9 Å². The van der Waals surface area contributed by atoms with E-state index in [2.05, 4.69) is 34.5 Å². The van der Waals surface area contributed by atoms with E-state index in [0.717, 1.165) is 32.2 Å². The van der Waals surface area contributed by atoms with Crippen molar-refractivity contribution in [3.63, 3.8) is 0 Å². The van der Waals surface area contributed by atoms with Gasteiger partial charge in [-0.2, -0.15) is 5.10 Å². The van der Waals surface area contributed by atoms with Gasteiger partial charge in [0.25, 0.3) is 0 Å². The van der Waals surface area contributed by atoms with Gasteiger partial charge in [-0.05, 0) is 43.1 Å². The average molecular weight is 356 g/mol. The van der Waals surface area contributed by atoms with Crippen molar-refractivity contribution in [2.75, 3.05) is 6.54 Å². The summed E-state index contributed by atoms with van der Waals surface area (Å²) in [6.07, 6.45) is 4.51. The summed E-state index contributed by atoms with van der Waals surface area (Å²) in [4.78, 5) is 25.4. The summed E-state index contributed by atoms with van der Waals surface area (Å²) in [6, 6.07) is 9.97. The number of fused-ring (bicyclic) bond motifs is 1. The minimum Gasteiger partial charge on any atom is -0.480 e. The molecular weight excluding hydrogens is 332 g/mol. The number of benzene rings is 1. The Balaban J connectivity index is 1.41. The number of carbonyl (C=O) groups is 1. The highest BCUT2D eigenvalue weighted by Crippen LogP contribution is 2.36. The van der Waals surface area contributed by atoms with Gasteiger partial charge < -0.3 is 5.11 Å². The molecule has 7 heteroatoms. The molecule has 0 spiro atoms. The second kappa shape index (κ2) is 7.07. The summed E-state index contributed by atoms with van der Waals surface area (Å²) >= 11 is 0. The van der Waals surface area contributed by atoms with Crippen LogP contribution in [0.5, 0.6) is 0 Å². The Morgan fingerprint density at radius 1 is 1.19 bits per heavy atom. The highest BCUT2D eigenvalue weighted by Gasteiger charge is 2.35. The smallest absolute Gasteiger partial charge is 0.343 e. The van der Waals surface area contributed by atoms with Crippen LogP contribution in [0.15, 0.2) is 35.1 Å². The first-order valence-electron chi connectivity index (χ1n) is 9.27. The molecule has 1 aromatic carbocycles. The van der Waals surface area contributed by atoms with E-state index in [1.54, 1.807) is 0 Å². The second-order valence-electron chi connectivity index (χ2n) is 7.47. The summed E-state index contributed by atoms with van der Waals surface area (Å²) in [5.74, 6) is 0.863. The van der Waals surface area contributed by atoms with Crippen molar-refractivity contribution in [1.29, 1.82) is 0 Å². The van der Waals surface area contributed by atoms with Gasteiger partial charge in [0.1, 0.15) is 11.9 Å². The molecule has 0 bridgehead atoms. The molecule has 2 heterocycles. The van der Waals surface area contributed by atoms with E-state index in [-0.39, 0.29) is 12.2 Å². The summed E-state index contributed by atoms with van der Waals surface area (Å²) in [6.45, 7) is 1.33. The van der Waals surface area contributed by atoms with Crippen molar-refractivity contribution in [3.8, 4) is 0 Å². The van der Waals surface area contributed by atoms with E-state index in [1.165, 1.54) is 10.1 Å². The average Bonchev–Trinajstić information content (AvgIpc) is 3.02. The second-order valence-corrected chi connectivity index (χ2v) is 7.47. The Morgan fingerprint density at radius 2 is 1.92 bits per heavy atom. The number of rotatable bonds is 4. The molecule has 1 aliphatic heterocycles. The maximum Gasteiger partial charge on any atom is 0.343 e. The number of aromatic amines is 1. The van der Waals surface area contributed by atoms with Crippen LogP contribution in [0.2, 0.25) is 0 Å². The van der Waals surface area contributed by atoms with Crippen molar-refractivity contribution in [3.05, 3.63) is 52.2 Å². The lowest BCUT2D eigenvalue weighted by Gasteiger charge is -2.37. The molecule has 1 fully saturated rings. The Kier molecular flexibility index (Phi) is 4.63. The van der Waals surface area contributed by atoms with Crippen LogP contribution < -0.4 is 5.69 Å². The number of aliphatic carboxylic acids is 1. The molecule has 26 heavy (non-hydrogen) atoms. The molecular formula is C19H24N4O3. The normalized spacial score (nSPS) is 26.4. The Hall–Kier alpha value is -2.41. The molecule has 0 radical (unpaired) electrons. The van der Waals surface area contributed by atoms with Gasteiger partial charge in [-0.25, -0.2) is 9.89 Å². The lowest BCUT2D eigenvalue weighted by molar-refractivity contribution is -0.145. The summed E-state index contributed by atoms with van der Waals surface area (Å²) in [5, 5.41) is 16.1. The number of nitrogens with zero attached hydrogens (tertiary/aromatic N) is 3. The molecule has 1 saturated carbocycles. The van der Waals surface area contributed by atoms with E-state index in [0.29, 0.717) is 24.2 Å². The van der Waals surface area contributed by atoms with Crippen molar-refractivity contribution in [1.82, 2.24) is 19.7 Å². The zero-order valence-electron chi connectivity index (χ0n) is 14.7. The zero-order valence-corrected chi connectivity index (χ0v) is 14.7. The van der Waals surface area contributed by atoms with Crippen molar-refractivity contribution in [2.45, 2.75) is 50.7 Å². The van der Waals surface area contributed by atoms with Gasteiger partial charge in [-0.1, -0.05) is 30.3 Å². The van der Waals surface area contributed by atoms with Gasteiger partial charge in [0.15, 0.2) is 0 Å². The van der Waals surface area contributed by atoms with Crippen molar-refractivity contribution < 1.29 is 9.90 Å². The molecule has 1 atom stereocenters. The SMILES string of the molecule is O=C(O)C1Cn2c(n[nH]c2=O)CN1CC1CCC(c2ccccc2)CC1. The summed E-state index contributed by atoms with van der Waals surface area (Å²) < 4.78 is 1.45. The quantitative estimate of drug-likeness (QED) is 0.872. The fourth-order valence-electron chi connectivity index (χ4n) is 4.40. The number of aromatic nitrogens is 3. The predicted molar refractivity (Wildman–Crippen MR) is 95.8 cm³/mol. The fourth-order valence-corrected chi connectivity index (χ4v) is 4.40. The van der Waals surface area contributed by atoms with Gasteiger partial charge in [-0.15, -0.1) is 0 Å². The molecule has 1 unspecified atom stereocenters. The van der Waals surface area contributed by atoms with E-state index < -0.39 is 12.0 Å². The van der Waals surface area contributed by atoms with Crippen molar-refractivity contribution >= 4 is 5.97 Å². The molecule has 7 nitrogen and oxygen atoms in total. The topological polar surface area (TPSA) is 91.2 Å². The first-order chi connectivity index (χ1) is 12.6. The Bertz CT molecular complexity index is 821. The molecule has 4 rings (SSSR count). The first kappa shape index (κ1) is 17.0. The Morgan fingerprint density at radius 3 is 2.62 bits per heavy atom. The van der Waals surface area contributed by atoms with E-state index in [1.807, 2.05) is 11.0 Å². The molecule has 2 aromatic rings. The molecule has 0 amide bonds. The van der Waals surface area contributed by atoms with Gasteiger partial charge >= 0.3 is 11.7 Å². The summed E-state index contributed by atoms with van der Waals surface area (Å²) in [5.41, 5.74) is 1.09. The number of hydrogen-bond acceptors (Lipinski definition) is 4. The van der Waals surface area contributed by atoms with Crippen LogP contribution >= 0.6 is 0 Å². The summed E-state index contributed by atoms with van der Waals surface area (Å²) in [7, 11) is 0. The highest BCUT2D eigenvalue weighted by molar-refractivity contribution is 5.73. The lowest BCUT2D eigenvalue weighted by atomic mass is 9.78. The monoisotopic (exact) mass is 356 g/mol. The van der Waals surface area contributed by atoms with Crippen LogP contribution in [0.1, 0.15) is 43.0 Å². The van der Waals surface area contributed by atoms with E-state index in [9.17, 15) is 14.7 Å². The van der Waals surface area contributed by atoms with E-state index in [4.69, 9.17) is 0 Å². The number of hydrogen-bond donors (Lipinski definition) is 2. The number of H-pyrrole nitrogens is 1.